The van der Waals surface area contributed by atoms with Crippen molar-refractivity contribution in [2.75, 3.05) is 13.7 Å². The highest BCUT2D eigenvalue weighted by Crippen LogP contribution is 2.45. The molecule has 0 spiro atoms. The summed E-state index contributed by atoms with van der Waals surface area (Å²) in [4.78, 5) is 73.8. The van der Waals surface area contributed by atoms with E-state index in [1.807, 2.05) is 19.9 Å². The van der Waals surface area contributed by atoms with E-state index in [0.29, 0.717) is 24.0 Å². The molecule has 298 valence electrons. The second-order valence-electron chi connectivity index (χ2n) is 15.7. The summed E-state index contributed by atoms with van der Waals surface area (Å²) in [6.45, 7) is 12.5. The number of ether oxygens (including phenoxy) is 3. The first kappa shape index (κ1) is 41.2. The van der Waals surface area contributed by atoms with E-state index in [1.54, 1.807) is 58.4 Å². The van der Waals surface area contributed by atoms with Crippen molar-refractivity contribution in [2.24, 2.45) is 11.8 Å². The summed E-state index contributed by atoms with van der Waals surface area (Å²) < 4.78 is 44.7. The summed E-state index contributed by atoms with van der Waals surface area (Å²) in [7, 11) is -2.38. The molecule has 2 aliphatic carbocycles. The summed E-state index contributed by atoms with van der Waals surface area (Å²) >= 11 is 0. The molecule has 1 aliphatic heterocycles. The van der Waals surface area contributed by atoms with Crippen LogP contribution in [0.3, 0.4) is 0 Å². The number of carbonyl (C=O) groups excluding carboxylic acids is 5. The Morgan fingerprint density at radius 1 is 1.13 bits per heavy atom. The number of methoxy groups -OCH3 is 1. The quantitative estimate of drug-likeness (QED) is 0.166. The van der Waals surface area contributed by atoms with Gasteiger partial charge in [-0.15, -0.1) is 6.58 Å². The third-order valence-electron chi connectivity index (χ3n) is 9.65. The van der Waals surface area contributed by atoms with Gasteiger partial charge in [0.05, 0.1) is 18.9 Å². The molecule has 1 aromatic carbocycles. The molecule has 3 fully saturated rings. The summed E-state index contributed by atoms with van der Waals surface area (Å²) in [6.07, 6.45) is 5.26. The van der Waals surface area contributed by atoms with Crippen molar-refractivity contribution in [1.82, 2.24) is 25.2 Å². The highest BCUT2D eigenvalue weighted by Gasteiger charge is 2.62. The summed E-state index contributed by atoms with van der Waals surface area (Å²) in [5.74, 6) is -2.12. The molecule has 1 saturated heterocycles. The second kappa shape index (κ2) is 16.4. The van der Waals surface area contributed by atoms with E-state index in [9.17, 15) is 32.4 Å². The van der Waals surface area contributed by atoms with Gasteiger partial charge in [-0.3, -0.25) is 23.9 Å². The van der Waals surface area contributed by atoms with Crippen LogP contribution in [0.4, 0.5) is 4.79 Å². The van der Waals surface area contributed by atoms with Gasteiger partial charge in [0.2, 0.25) is 27.7 Å². The number of aromatic nitrogens is 1. The third kappa shape index (κ3) is 10.2. The Balaban J connectivity index is 1.44. The Morgan fingerprint density at radius 2 is 1.85 bits per heavy atom. The topological polar surface area (TPSA) is 199 Å². The minimum absolute atomic E-state index is 0.0438. The van der Waals surface area contributed by atoms with E-state index >= 15 is 0 Å². The molecule has 5 atom stereocenters. The van der Waals surface area contributed by atoms with Crippen molar-refractivity contribution < 1.29 is 46.6 Å². The molecule has 3 aliphatic rings. The molecule has 2 aromatic rings. The zero-order chi connectivity index (χ0) is 40.3. The molecule has 1 aromatic heterocycles. The van der Waals surface area contributed by atoms with Gasteiger partial charge in [-0.05, 0) is 88.1 Å². The molecule has 5 rings (SSSR count). The van der Waals surface area contributed by atoms with Gasteiger partial charge in [-0.2, -0.15) is 0 Å². The predicted octanol–water partition coefficient (Wildman–Crippen LogP) is 3.72. The van der Waals surface area contributed by atoms with Crippen LogP contribution in [0.5, 0.6) is 11.6 Å². The standard InChI is InChI=1S/C39H51N5O10S/c1-8-25-21-39(25,36(48)43-55(50,51)29-13-14-29)42-33(46)32-20-28(53-34-30-15-12-27(52-7)19-24(30)17-18-40-34)22-44(32)35(47)31(41-37(49)54-38(4,5)6)16-11-26(45)10-9-23(2)3/h8-10,12,15,17-19,23,25,28-29,31-32H,1,11,13-14,16,20-22H2,2-7H3,(H,41,49)(H,42,46)(H,43,48)/t25-,28-,31+,32+,39-/m1/s1. The van der Waals surface area contributed by atoms with Crippen molar-refractivity contribution in [3.8, 4) is 11.6 Å². The van der Waals surface area contributed by atoms with Gasteiger partial charge < -0.3 is 29.7 Å². The number of allylic oxidation sites excluding steroid dienone is 2. The van der Waals surface area contributed by atoms with Crippen LogP contribution in [0.2, 0.25) is 0 Å². The number of fused-ring (bicyclic) bond motifs is 1. The number of benzene rings is 1. The molecular formula is C39H51N5O10S. The molecule has 0 bridgehead atoms. The van der Waals surface area contributed by atoms with E-state index in [4.69, 9.17) is 14.2 Å². The number of rotatable bonds is 16. The lowest BCUT2D eigenvalue weighted by atomic mass is 10.0. The maximum atomic E-state index is 14.5. The van der Waals surface area contributed by atoms with E-state index in [2.05, 4.69) is 26.9 Å². The lowest BCUT2D eigenvalue weighted by Gasteiger charge is -2.30. The monoisotopic (exact) mass is 781 g/mol. The van der Waals surface area contributed by atoms with E-state index in [1.165, 1.54) is 17.1 Å². The molecule has 2 heterocycles. The van der Waals surface area contributed by atoms with Gasteiger partial charge in [0.25, 0.3) is 5.91 Å². The molecule has 4 amide bonds. The van der Waals surface area contributed by atoms with Gasteiger partial charge in [-0.1, -0.05) is 26.0 Å². The third-order valence-corrected chi connectivity index (χ3v) is 11.5. The number of hydrogen-bond donors (Lipinski definition) is 3. The first-order valence-electron chi connectivity index (χ1n) is 18.5. The lowest BCUT2D eigenvalue weighted by molar-refractivity contribution is -0.141. The number of pyridine rings is 1. The van der Waals surface area contributed by atoms with E-state index in [-0.39, 0.29) is 49.8 Å². The Labute approximate surface area is 321 Å². The number of nitrogens with zero attached hydrogens (tertiary/aromatic N) is 2. The van der Waals surface area contributed by atoms with Gasteiger partial charge in [-0.25, -0.2) is 18.2 Å². The number of likely N-dealkylation sites (tertiary alicyclic amines) is 1. The Morgan fingerprint density at radius 3 is 2.47 bits per heavy atom. The number of sulfonamides is 1. The molecule has 15 nitrogen and oxygen atoms in total. The fraction of sp³-hybridized carbons (Fsp3) is 0.538. The molecule has 0 radical (unpaired) electrons. The number of alkyl carbamates (subject to hydrolysis) is 1. The zero-order valence-corrected chi connectivity index (χ0v) is 32.9. The number of ketones is 1. The van der Waals surface area contributed by atoms with Crippen LogP contribution >= 0.6 is 0 Å². The van der Waals surface area contributed by atoms with Crippen LogP contribution in [-0.4, -0.2) is 96.1 Å². The Bertz CT molecular complexity index is 1970. The first-order valence-corrected chi connectivity index (χ1v) is 20.0. The van der Waals surface area contributed by atoms with Gasteiger partial charge in [0.15, 0.2) is 5.78 Å². The molecule has 3 N–H and O–H groups in total. The summed E-state index contributed by atoms with van der Waals surface area (Å²) in [6, 6.07) is 4.62. The Kier molecular flexibility index (Phi) is 12.3. The number of carbonyl (C=O) groups is 5. The average Bonchev–Trinajstić information content (AvgIpc) is 4.04. The molecule has 0 unspecified atom stereocenters. The Hall–Kier alpha value is -4.99. The largest absolute Gasteiger partial charge is 0.497 e. The van der Waals surface area contributed by atoms with Crippen molar-refractivity contribution >= 4 is 50.4 Å². The highest BCUT2D eigenvalue weighted by molar-refractivity contribution is 7.91. The van der Waals surface area contributed by atoms with Gasteiger partial charge >= 0.3 is 6.09 Å². The minimum Gasteiger partial charge on any atom is -0.497 e. The molecule has 55 heavy (non-hydrogen) atoms. The molecule has 16 heteroatoms. The number of nitrogens with one attached hydrogen (secondary N) is 3. The summed E-state index contributed by atoms with van der Waals surface area (Å²) in [5, 5.41) is 6.12. The van der Waals surface area contributed by atoms with Crippen molar-refractivity contribution in [3.63, 3.8) is 0 Å². The zero-order valence-electron chi connectivity index (χ0n) is 32.1. The highest BCUT2D eigenvalue weighted by atomic mass is 32.2. The first-order chi connectivity index (χ1) is 25.9. The molecule has 2 saturated carbocycles. The van der Waals surface area contributed by atoms with E-state index in [0.717, 1.165) is 5.39 Å². The maximum absolute atomic E-state index is 14.5. The number of amides is 4. The van der Waals surface area contributed by atoms with Gasteiger partial charge in [0.1, 0.15) is 35.1 Å². The second-order valence-corrected chi connectivity index (χ2v) is 17.6. The minimum atomic E-state index is -3.93. The fourth-order valence-electron chi connectivity index (χ4n) is 6.48. The van der Waals surface area contributed by atoms with E-state index < -0.39 is 74.3 Å². The van der Waals surface area contributed by atoms with Crippen LogP contribution in [0.1, 0.15) is 73.1 Å². The van der Waals surface area contributed by atoms with Crippen LogP contribution in [0, 0.1) is 11.8 Å². The van der Waals surface area contributed by atoms with Crippen LogP contribution < -0.4 is 24.8 Å². The molecular weight excluding hydrogens is 731 g/mol. The SMILES string of the molecule is C=C[C@@H]1C[C@]1(NC(=O)[C@@H]1C[C@@H](Oc2nccc3cc(OC)ccc23)CN1C(=O)[C@H](CCC(=O)C=CC(C)C)NC(=O)OC(C)(C)C)C(=O)NS(=O)(=O)C1CC1. The van der Waals surface area contributed by atoms with Crippen molar-refractivity contribution in [1.29, 1.82) is 0 Å². The fourth-order valence-corrected chi connectivity index (χ4v) is 7.84. The van der Waals surface area contributed by atoms with Crippen LogP contribution in [0.15, 0.2) is 55.3 Å². The number of hydrogen-bond acceptors (Lipinski definition) is 11. The van der Waals surface area contributed by atoms with Crippen LogP contribution in [0.25, 0.3) is 10.8 Å². The van der Waals surface area contributed by atoms with Crippen molar-refractivity contribution in [2.45, 2.75) is 108 Å². The van der Waals surface area contributed by atoms with Gasteiger partial charge in [0, 0.05) is 30.3 Å². The summed E-state index contributed by atoms with van der Waals surface area (Å²) in [5.41, 5.74) is -2.50. The lowest BCUT2D eigenvalue weighted by Crippen LogP contribution is -2.58. The average molecular weight is 782 g/mol. The van der Waals surface area contributed by atoms with Crippen molar-refractivity contribution in [3.05, 3.63) is 55.3 Å². The normalized spacial score (nSPS) is 22.9. The predicted molar refractivity (Wildman–Crippen MR) is 203 cm³/mol. The smallest absolute Gasteiger partial charge is 0.408 e. The van der Waals surface area contributed by atoms with Crippen LogP contribution in [-0.2, 0) is 33.9 Å². The maximum Gasteiger partial charge on any atom is 0.408 e.